The number of nitrogens with one attached hydrogen (secondary N) is 1. The van der Waals surface area contributed by atoms with Crippen molar-refractivity contribution < 1.29 is 23.4 Å². The number of carbonyl (C=O) groups is 1. The molecule has 7 nitrogen and oxygen atoms in total. The molecular formula is C35H43F2N3O4S2. The first kappa shape index (κ1) is 34.6. The molecule has 5 atom stereocenters. The Hall–Kier alpha value is -2.73. The summed E-state index contributed by atoms with van der Waals surface area (Å²) in [5.74, 6) is 2.92. The lowest BCUT2D eigenvalue weighted by atomic mass is 9.83. The number of aliphatic hydroxyl groups excluding tert-OH is 1. The number of carbonyl (C=O) groups excluding carboxylic acids is 1. The Balaban J connectivity index is 1.11. The summed E-state index contributed by atoms with van der Waals surface area (Å²) in [6, 6.07) is 14.8. The maximum atomic E-state index is 13.4. The number of hydrogen-bond donors (Lipinski definition) is 2. The first-order valence-electron chi connectivity index (χ1n) is 15.9. The molecule has 1 aromatic heterocycles. The number of anilines is 1. The van der Waals surface area contributed by atoms with Gasteiger partial charge in [-0.1, -0.05) is 38.1 Å². The van der Waals surface area contributed by atoms with Gasteiger partial charge < -0.3 is 15.2 Å². The number of fused-ring (bicyclic) bond motifs is 1. The molecule has 1 aliphatic heterocycles. The van der Waals surface area contributed by atoms with Crippen molar-refractivity contribution in [3.8, 4) is 0 Å². The van der Waals surface area contributed by atoms with Gasteiger partial charge in [0, 0.05) is 29.4 Å². The normalized spacial score (nSPS) is 21.4. The largest absolute Gasteiger partial charge is 0.394 e. The van der Waals surface area contributed by atoms with Crippen LogP contribution in [0.25, 0.3) is 0 Å². The number of halogens is 2. The molecule has 2 heterocycles. The fourth-order valence-electron chi connectivity index (χ4n) is 6.03. The molecule has 3 aromatic rings. The summed E-state index contributed by atoms with van der Waals surface area (Å²) in [5, 5.41) is 12.8. The average Bonchev–Trinajstić information content (AvgIpc) is 3.81. The van der Waals surface area contributed by atoms with Crippen LogP contribution < -0.4 is 11.0 Å². The Kier molecular flexibility index (Phi) is 12.0. The minimum Gasteiger partial charge on any atom is -0.394 e. The summed E-state index contributed by atoms with van der Waals surface area (Å²) in [5.41, 5.74) is 1.39. The van der Waals surface area contributed by atoms with Crippen LogP contribution in [0.3, 0.4) is 0 Å². The fraction of sp³-hybridized carbons (Fsp3) is 0.514. The van der Waals surface area contributed by atoms with Crippen molar-refractivity contribution in [1.82, 2.24) is 9.55 Å². The van der Waals surface area contributed by atoms with Gasteiger partial charge >= 0.3 is 5.69 Å². The van der Waals surface area contributed by atoms with Gasteiger partial charge in [-0.15, -0.1) is 0 Å². The van der Waals surface area contributed by atoms with Crippen LogP contribution >= 0.6 is 23.5 Å². The molecule has 1 saturated carbocycles. The van der Waals surface area contributed by atoms with Gasteiger partial charge in [-0.2, -0.15) is 28.5 Å². The molecule has 5 rings (SSSR count). The maximum absolute atomic E-state index is 13.4. The van der Waals surface area contributed by atoms with Crippen molar-refractivity contribution >= 4 is 35.2 Å². The van der Waals surface area contributed by atoms with Crippen molar-refractivity contribution in [2.24, 2.45) is 17.3 Å². The predicted octanol–water partition coefficient (Wildman–Crippen LogP) is 7.20. The van der Waals surface area contributed by atoms with Gasteiger partial charge in [-0.05, 0) is 96.6 Å². The zero-order chi connectivity index (χ0) is 32.7. The summed E-state index contributed by atoms with van der Waals surface area (Å²) in [7, 11) is 0. The molecule has 2 N–H and O–H groups in total. The Morgan fingerprint density at radius 1 is 1.04 bits per heavy atom. The number of aliphatic hydroxyl groups is 1. The number of thioether (sulfide) groups is 2. The zero-order valence-electron chi connectivity index (χ0n) is 26.4. The molecule has 0 bridgehead atoms. The van der Waals surface area contributed by atoms with E-state index in [0.29, 0.717) is 17.1 Å². The van der Waals surface area contributed by atoms with Gasteiger partial charge in [-0.3, -0.25) is 9.36 Å². The number of hydrogen-bond acceptors (Lipinski definition) is 7. The number of ether oxygens (including phenoxy) is 1. The second-order valence-electron chi connectivity index (χ2n) is 13.2. The minimum absolute atomic E-state index is 0.0616. The van der Waals surface area contributed by atoms with E-state index in [-0.39, 0.29) is 47.9 Å². The average molecular weight is 672 g/mol. The van der Waals surface area contributed by atoms with E-state index in [4.69, 9.17) is 4.74 Å². The molecule has 0 radical (unpaired) electrons. The van der Waals surface area contributed by atoms with E-state index >= 15 is 0 Å². The molecule has 46 heavy (non-hydrogen) atoms. The van der Waals surface area contributed by atoms with Gasteiger partial charge in [0.25, 0.3) is 0 Å². The second kappa shape index (κ2) is 15.9. The van der Waals surface area contributed by atoms with E-state index in [1.807, 2.05) is 47.8 Å². The highest BCUT2D eigenvalue weighted by molar-refractivity contribution is 7.99. The smallest absolute Gasteiger partial charge is 0.351 e. The molecule has 0 spiro atoms. The molecule has 2 aromatic carbocycles. The fourth-order valence-corrected chi connectivity index (χ4v) is 8.39. The van der Waals surface area contributed by atoms with Crippen molar-refractivity contribution in [1.29, 1.82) is 0 Å². The minimum atomic E-state index is -0.490. The van der Waals surface area contributed by atoms with Crippen LogP contribution in [0.4, 0.5) is 14.6 Å². The first-order chi connectivity index (χ1) is 22.1. The summed E-state index contributed by atoms with van der Waals surface area (Å²) in [4.78, 5) is 29.9. The Labute approximate surface area is 277 Å². The quantitative estimate of drug-likeness (QED) is 0.156. The highest BCUT2D eigenvalue weighted by Gasteiger charge is 2.49. The molecule has 2 fully saturated rings. The third-order valence-corrected chi connectivity index (χ3v) is 11.3. The predicted molar refractivity (Wildman–Crippen MR) is 181 cm³/mol. The van der Waals surface area contributed by atoms with Crippen molar-refractivity contribution in [2.45, 2.75) is 81.5 Å². The number of amides is 1. The van der Waals surface area contributed by atoms with E-state index in [2.05, 4.69) is 24.1 Å². The van der Waals surface area contributed by atoms with E-state index in [1.54, 1.807) is 12.3 Å². The van der Waals surface area contributed by atoms with Crippen LogP contribution in [0.15, 0.2) is 65.6 Å². The van der Waals surface area contributed by atoms with Crippen LogP contribution in [-0.2, 0) is 21.0 Å². The highest BCUT2D eigenvalue weighted by atomic mass is 32.2. The molecule has 1 aliphatic carbocycles. The number of benzene rings is 2. The summed E-state index contributed by atoms with van der Waals surface area (Å²) in [6.45, 7) is 4.09. The van der Waals surface area contributed by atoms with Crippen LogP contribution in [-0.4, -0.2) is 44.3 Å². The lowest BCUT2D eigenvalue weighted by Gasteiger charge is -2.29. The van der Waals surface area contributed by atoms with Crippen LogP contribution in [0.1, 0.15) is 69.7 Å². The van der Waals surface area contributed by atoms with Crippen LogP contribution in [0.5, 0.6) is 0 Å². The summed E-state index contributed by atoms with van der Waals surface area (Å²) < 4.78 is 34.0. The van der Waals surface area contributed by atoms with E-state index in [0.717, 1.165) is 60.5 Å². The topological polar surface area (TPSA) is 93.5 Å². The molecule has 248 valence electrons. The third kappa shape index (κ3) is 10.1. The molecule has 1 amide bonds. The SMILES string of the molecule is CC(C)(CCC(CCSCc1ccc(F)cc1)SCc1ccc(F)cc1)CC(=O)Nc1ccn([C@H]2CC3CC3[C@@H](CO)O2)c(=O)n1. The van der Waals surface area contributed by atoms with Gasteiger partial charge in [0.1, 0.15) is 23.7 Å². The molecule has 1 saturated heterocycles. The molecule has 2 aliphatic rings. The first-order valence-corrected chi connectivity index (χ1v) is 18.1. The lowest BCUT2D eigenvalue weighted by molar-refractivity contribution is -0.118. The van der Waals surface area contributed by atoms with E-state index in [1.165, 1.54) is 28.8 Å². The maximum Gasteiger partial charge on any atom is 0.351 e. The van der Waals surface area contributed by atoms with Crippen molar-refractivity contribution in [3.63, 3.8) is 0 Å². The van der Waals surface area contributed by atoms with Gasteiger partial charge in [0.05, 0.1) is 12.7 Å². The van der Waals surface area contributed by atoms with Gasteiger partial charge in [0.15, 0.2) is 0 Å². The highest BCUT2D eigenvalue weighted by Crippen LogP contribution is 2.51. The summed E-state index contributed by atoms with van der Waals surface area (Å²) >= 11 is 3.67. The number of rotatable bonds is 16. The van der Waals surface area contributed by atoms with Crippen molar-refractivity contribution in [3.05, 3.63) is 94.0 Å². The van der Waals surface area contributed by atoms with E-state index in [9.17, 15) is 23.5 Å². The second-order valence-corrected chi connectivity index (χ2v) is 15.6. The standard InChI is InChI=1S/C35H43F2N3O4S2/c1-35(2,19-32(42)38-31-12-15-40(34(43)39-31)33-18-25-17-29(25)30(20-41)44-33)14-11-28(46-22-24-5-9-27(37)10-6-24)13-16-45-21-23-3-7-26(36)8-4-23/h3-10,12,15,25,28-30,33,41H,11,13-14,16-22H2,1-2H3,(H,38,39,42,43)/t25?,28?,29?,30-,33-/m1/s1. The lowest BCUT2D eigenvalue weighted by Crippen LogP contribution is -2.36. The Bertz CT molecular complexity index is 1500. The molecule has 11 heteroatoms. The number of nitrogens with zero attached hydrogens (tertiary/aromatic N) is 2. The zero-order valence-corrected chi connectivity index (χ0v) is 28.0. The number of aromatic nitrogens is 2. The van der Waals surface area contributed by atoms with Gasteiger partial charge in [-0.25, -0.2) is 13.6 Å². The Morgan fingerprint density at radius 2 is 1.72 bits per heavy atom. The molecule has 3 unspecified atom stereocenters. The van der Waals surface area contributed by atoms with Crippen molar-refractivity contribution in [2.75, 3.05) is 17.7 Å². The molecular weight excluding hydrogens is 629 g/mol. The third-order valence-electron chi connectivity index (χ3n) is 8.83. The Morgan fingerprint density at radius 3 is 2.37 bits per heavy atom. The van der Waals surface area contributed by atoms with Gasteiger partial charge in [0.2, 0.25) is 5.91 Å². The van der Waals surface area contributed by atoms with Crippen LogP contribution in [0, 0.1) is 28.9 Å². The monoisotopic (exact) mass is 671 g/mol. The van der Waals surface area contributed by atoms with E-state index < -0.39 is 11.9 Å². The summed E-state index contributed by atoms with van der Waals surface area (Å²) in [6.07, 6.45) is 5.62. The van der Waals surface area contributed by atoms with Crippen LogP contribution in [0.2, 0.25) is 0 Å².